The van der Waals surface area contributed by atoms with Crippen LogP contribution in [0.5, 0.6) is 0 Å². The van der Waals surface area contributed by atoms with Crippen LogP contribution < -0.4 is 5.32 Å². The fraction of sp³-hybridized carbons (Fsp3) is 0.565. The third kappa shape index (κ3) is 4.91. The number of rotatable bonds is 5. The third-order valence-corrected chi connectivity index (χ3v) is 6.22. The number of aliphatic hydroxyl groups excluding tert-OH is 1. The number of ether oxygens (including phenoxy) is 2. The summed E-state index contributed by atoms with van der Waals surface area (Å²) >= 11 is 0. The summed E-state index contributed by atoms with van der Waals surface area (Å²) in [5.74, 6) is -0.0511. The summed E-state index contributed by atoms with van der Waals surface area (Å²) in [6.07, 6.45) is 5.24. The Morgan fingerprint density at radius 2 is 1.90 bits per heavy atom. The molecule has 0 radical (unpaired) electrons. The van der Waals surface area contributed by atoms with Crippen LogP contribution in [0.4, 0.5) is 0 Å². The fourth-order valence-electron chi connectivity index (χ4n) is 4.39. The molecule has 0 aliphatic carbocycles. The van der Waals surface area contributed by atoms with Crippen LogP contribution in [0.15, 0.2) is 36.4 Å². The molecule has 3 aliphatic heterocycles. The first kappa shape index (κ1) is 21.0. The molecule has 1 saturated heterocycles. The predicted molar refractivity (Wildman–Crippen MR) is 111 cm³/mol. The summed E-state index contributed by atoms with van der Waals surface area (Å²) in [5.41, 5.74) is 2.50. The molecule has 1 aromatic carbocycles. The van der Waals surface area contributed by atoms with Gasteiger partial charge in [-0.25, -0.2) is 0 Å². The van der Waals surface area contributed by atoms with Crippen molar-refractivity contribution in [1.29, 1.82) is 0 Å². The Morgan fingerprint density at radius 3 is 2.67 bits per heavy atom. The second-order valence-electron chi connectivity index (χ2n) is 8.24. The van der Waals surface area contributed by atoms with Gasteiger partial charge in [0.2, 0.25) is 11.8 Å². The van der Waals surface area contributed by atoms with E-state index in [1.54, 1.807) is 0 Å². The second kappa shape index (κ2) is 9.73. The Morgan fingerprint density at radius 1 is 1.13 bits per heavy atom. The van der Waals surface area contributed by atoms with Gasteiger partial charge in [0.1, 0.15) is 6.10 Å². The molecule has 7 nitrogen and oxygen atoms in total. The molecular weight excluding hydrogens is 384 g/mol. The van der Waals surface area contributed by atoms with Crippen LogP contribution in [0.3, 0.4) is 0 Å². The summed E-state index contributed by atoms with van der Waals surface area (Å²) in [5, 5.41) is 12.7. The van der Waals surface area contributed by atoms with Gasteiger partial charge in [0, 0.05) is 32.2 Å². The molecule has 0 bridgehead atoms. The number of nitrogens with zero attached hydrogens (tertiary/aromatic N) is 1. The van der Waals surface area contributed by atoms with E-state index in [1.807, 2.05) is 29.2 Å². The molecule has 30 heavy (non-hydrogen) atoms. The number of hydrogen-bond acceptors (Lipinski definition) is 5. The third-order valence-electron chi connectivity index (χ3n) is 6.22. The lowest BCUT2D eigenvalue weighted by molar-refractivity contribution is -0.138. The van der Waals surface area contributed by atoms with Crippen molar-refractivity contribution < 1.29 is 24.2 Å². The monoisotopic (exact) mass is 414 g/mol. The van der Waals surface area contributed by atoms with Crippen molar-refractivity contribution in [1.82, 2.24) is 10.2 Å². The van der Waals surface area contributed by atoms with E-state index < -0.39 is 18.2 Å². The second-order valence-corrected chi connectivity index (χ2v) is 8.24. The van der Waals surface area contributed by atoms with Crippen molar-refractivity contribution in [2.45, 2.75) is 50.5 Å². The van der Waals surface area contributed by atoms with Crippen molar-refractivity contribution >= 4 is 11.8 Å². The standard InChI is InChI=1S/C23H30N2O5/c26-15-21-20(24-23(28)17-8-11-29-12-9-17)6-5-19(30-21)13-22(27)25-10-7-16-3-1-2-4-18(16)14-25/h1-6,17,19-21,26H,7-15H2,(H,24,28)/t19-,20-,21+/m1/s1. The van der Waals surface area contributed by atoms with Crippen molar-refractivity contribution in [2.24, 2.45) is 5.92 Å². The van der Waals surface area contributed by atoms with Crippen molar-refractivity contribution in [3.05, 3.63) is 47.5 Å². The average Bonchev–Trinajstić information content (AvgIpc) is 2.80. The number of nitrogens with one attached hydrogen (secondary N) is 1. The minimum Gasteiger partial charge on any atom is -0.394 e. The molecule has 0 saturated carbocycles. The van der Waals surface area contributed by atoms with Crippen LogP contribution in [-0.4, -0.2) is 66.4 Å². The number of hydrogen-bond donors (Lipinski definition) is 2. The van der Waals surface area contributed by atoms with Gasteiger partial charge >= 0.3 is 0 Å². The SMILES string of the molecule is O=C(N[C@@H]1C=C[C@H](CC(=O)N2CCc3ccccc3C2)O[C@H]1CO)C1CCOCC1. The Labute approximate surface area is 177 Å². The number of fused-ring (bicyclic) bond motifs is 1. The van der Waals surface area contributed by atoms with Gasteiger partial charge in [-0.3, -0.25) is 9.59 Å². The maximum atomic E-state index is 12.8. The molecule has 1 fully saturated rings. The van der Waals surface area contributed by atoms with Crippen molar-refractivity contribution in [2.75, 3.05) is 26.4 Å². The molecule has 3 aliphatic rings. The molecule has 3 atom stereocenters. The number of amides is 2. The first-order valence-electron chi connectivity index (χ1n) is 10.8. The first-order valence-corrected chi connectivity index (χ1v) is 10.8. The van der Waals surface area contributed by atoms with Crippen LogP contribution in [0.25, 0.3) is 0 Å². The number of carbonyl (C=O) groups is 2. The zero-order valence-electron chi connectivity index (χ0n) is 17.2. The molecule has 4 rings (SSSR count). The summed E-state index contributed by atoms with van der Waals surface area (Å²) < 4.78 is 11.3. The Bertz CT molecular complexity index is 790. The van der Waals surface area contributed by atoms with Gasteiger partial charge in [0.15, 0.2) is 0 Å². The fourth-order valence-corrected chi connectivity index (χ4v) is 4.39. The van der Waals surface area contributed by atoms with Gasteiger partial charge in [-0.2, -0.15) is 0 Å². The summed E-state index contributed by atoms with van der Waals surface area (Å²) in [6, 6.07) is 7.83. The lowest BCUT2D eigenvalue weighted by Crippen LogP contribution is -2.51. The number of aliphatic hydroxyl groups is 1. The van der Waals surface area contributed by atoms with E-state index in [0.29, 0.717) is 39.1 Å². The van der Waals surface area contributed by atoms with E-state index in [1.165, 1.54) is 11.1 Å². The van der Waals surface area contributed by atoms with Crippen LogP contribution in [-0.2, 0) is 32.0 Å². The van der Waals surface area contributed by atoms with Gasteiger partial charge in [-0.15, -0.1) is 0 Å². The average molecular weight is 415 g/mol. The smallest absolute Gasteiger partial charge is 0.225 e. The number of benzene rings is 1. The van der Waals surface area contributed by atoms with E-state index in [9.17, 15) is 14.7 Å². The highest BCUT2D eigenvalue weighted by Gasteiger charge is 2.32. The highest BCUT2D eigenvalue weighted by atomic mass is 16.5. The van der Waals surface area contributed by atoms with Crippen molar-refractivity contribution in [3.8, 4) is 0 Å². The molecule has 2 N–H and O–H groups in total. The Hall–Kier alpha value is -2.22. The van der Waals surface area contributed by atoms with Crippen LogP contribution >= 0.6 is 0 Å². The summed E-state index contributed by atoms with van der Waals surface area (Å²) in [6.45, 7) is 2.32. The zero-order chi connectivity index (χ0) is 20.9. The normalized spacial score (nSPS) is 26.8. The van der Waals surface area contributed by atoms with Gasteiger partial charge in [-0.1, -0.05) is 36.4 Å². The van der Waals surface area contributed by atoms with E-state index >= 15 is 0 Å². The minimum absolute atomic E-state index is 0.0310. The van der Waals surface area contributed by atoms with Gasteiger partial charge in [0.05, 0.1) is 25.2 Å². The largest absolute Gasteiger partial charge is 0.394 e. The van der Waals surface area contributed by atoms with Gasteiger partial charge in [-0.05, 0) is 30.4 Å². The summed E-state index contributed by atoms with van der Waals surface area (Å²) in [4.78, 5) is 27.2. The lowest BCUT2D eigenvalue weighted by Gasteiger charge is -2.34. The Kier molecular flexibility index (Phi) is 6.82. The topological polar surface area (TPSA) is 88.1 Å². The maximum Gasteiger partial charge on any atom is 0.225 e. The highest BCUT2D eigenvalue weighted by Crippen LogP contribution is 2.22. The molecule has 0 aromatic heterocycles. The predicted octanol–water partition coefficient (Wildman–Crippen LogP) is 1.19. The van der Waals surface area contributed by atoms with Gasteiger partial charge < -0.3 is 24.8 Å². The van der Waals surface area contributed by atoms with E-state index in [2.05, 4.69) is 17.4 Å². The van der Waals surface area contributed by atoms with Crippen LogP contribution in [0.1, 0.15) is 30.4 Å². The number of carbonyl (C=O) groups excluding carboxylic acids is 2. The molecule has 7 heteroatoms. The molecule has 2 amide bonds. The molecule has 0 unspecified atom stereocenters. The van der Waals surface area contributed by atoms with E-state index in [-0.39, 0.29) is 30.8 Å². The van der Waals surface area contributed by atoms with E-state index in [4.69, 9.17) is 9.47 Å². The quantitative estimate of drug-likeness (QED) is 0.707. The summed E-state index contributed by atoms with van der Waals surface area (Å²) in [7, 11) is 0. The molecule has 1 aromatic rings. The van der Waals surface area contributed by atoms with Crippen LogP contribution in [0.2, 0.25) is 0 Å². The Balaban J connectivity index is 1.32. The minimum atomic E-state index is -0.557. The first-order chi connectivity index (χ1) is 14.6. The lowest BCUT2D eigenvalue weighted by atomic mass is 9.97. The zero-order valence-corrected chi connectivity index (χ0v) is 17.2. The highest BCUT2D eigenvalue weighted by molar-refractivity contribution is 5.79. The molecule has 162 valence electrons. The van der Waals surface area contributed by atoms with Crippen LogP contribution in [0, 0.1) is 5.92 Å². The van der Waals surface area contributed by atoms with Gasteiger partial charge in [0.25, 0.3) is 0 Å². The van der Waals surface area contributed by atoms with E-state index in [0.717, 1.165) is 6.42 Å². The molecular formula is C23H30N2O5. The molecule has 0 spiro atoms. The maximum absolute atomic E-state index is 12.8. The van der Waals surface area contributed by atoms with Crippen molar-refractivity contribution in [3.63, 3.8) is 0 Å². The molecule has 3 heterocycles.